The van der Waals surface area contributed by atoms with E-state index >= 15 is 0 Å². The lowest BCUT2D eigenvalue weighted by molar-refractivity contribution is -0.136. The van der Waals surface area contributed by atoms with Gasteiger partial charge in [0.15, 0.2) is 11.4 Å². The lowest BCUT2D eigenvalue weighted by atomic mass is 9.71. The van der Waals surface area contributed by atoms with Crippen LogP contribution in [0.1, 0.15) is 24.8 Å². The van der Waals surface area contributed by atoms with Gasteiger partial charge in [-0.3, -0.25) is 4.79 Å². The van der Waals surface area contributed by atoms with Gasteiger partial charge in [0.2, 0.25) is 0 Å². The van der Waals surface area contributed by atoms with Gasteiger partial charge in [0.25, 0.3) is 0 Å². The summed E-state index contributed by atoms with van der Waals surface area (Å²) in [4.78, 5) is 12.1. The highest BCUT2D eigenvalue weighted by Gasteiger charge is 2.49. The van der Waals surface area contributed by atoms with Crippen LogP contribution in [0.2, 0.25) is 0 Å². The molecule has 2 atom stereocenters. The molecule has 2 N–H and O–H groups in total. The summed E-state index contributed by atoms with van der Waals surface area (Å²) in [6.45, 7) is 1.99. The topological polar surface area (TPSA) is 96.9 Å². The SMILES string of the molecule is CC1C(=CC2(O)CC(=C(C#N)C#N)C2=O)Nc2ccccc21. The van der Waals surface area contributed by atoms with Crippen LogP contribution in [-0.2, 0) is 4.79 Å². The van der Waals surface area contributed by atoms with Gasteiger partial charge in [0.1, 0.15) is 17.7 Å². The molecule has 2 unspecified atom stereocenters. The predicted octanol–water partition coefficient (Wildman–Crippen LogP) is 2.15. The number of nitriles is 2. The molecule has 0 bridgehead atoms. The largest absolute Gasteiger partial charge is 0.377 e. The van der Waals surface area contributed by atoms with Gasteiger partial charge in [0, 0.05) is 29.3 Å². The van der Waals surface area contributed by atoms with Crippen LogP contribution in [0.15, 0.2) is 47.2 Å². The molecule has 5 nitrogen and oxygen atoms in total. The molecule has 1 aromatic rings. The molecule has 0 spiro atoms. The van der Waals surface area contributed by atoms with Gasteiger partial charge in [-0.2, -0.15) is 10.5 Å². The number of allylic oxidation sites excluding steroid dienone is 2. The van der Waals surface area contributed by atoms with Crippen LogP contribution in [-0.4, -0.2) is 16.5 Å². The van der Waals surface area contributed by atoms with Crippen molar-refractivity contribution >= 4 is 11.5 Å². The Morgan fingerprint density at radius 1 is 1.41 bits per heavy atom. The van der Waals surface area contributed by atoms with E-state index < -0.39 is 11.4 Å². The highest BCUT2D eigenvalue weighted by atomic mass is 16.3. The van der Waals surface area contributed by atoms with Crippen LogP contribution in [0.25, 0.3) is 0 Å². The molecule has 1 fully saturated rings. The Labute approximate surface area is 127 Å². The normalized spacial score (nSPS) is 27.5. The Morgan fingerprint density at radius 2 is 2.09 bits per heavy atom. The van der Waals surface area contributed by atoms with Crippen molar-refractivity contribution in [3.63, 3.8) is 0 Å². The summed E-state index contributed by atoms with van der Waals surface area (Å²) in [5.41, 5.74) is 1.08. The average molecular weight is 291 g/mol. The Hall–Kier alpha value is -2.89. The van der Waals surface area contributed by atoms with Crippen molar-refractivity contribution in [1.82, 2.24) is 0 Å². The minimum Gasteiger partial charge on any atom is -0.377 e. The fourth-order valence-corrected chi connectivity index (χ4v) is 2.90. The summed E-state index contributed by atoms with van der Waals surface area (Å²) in [6.07, 6.45) is 1.51. The Kier molecular flexibility index (Phi) is 3.09. The van der Waals surface area contributed by atoms with Crippen LogP contribution in [0.3, 0.4) is 0 Å². The van der Waals surface area contributed by atoms with Gasteiger partial charge in [0.05, 0.1) is 0 Å². The molecule has 0 radical (unpaired) electrons. The van der Waals surface area contributed by atoms with Crippen molar-refractivity contribution in [3.8, 4) is 12.1 Å². The molecule has 22 heavy (non-hydrogen) atoms. The zero-order valence-electron chi connectivity index (χ0n) is 11.9. The highest BCUT2D eigenvalue weighted by molar-refractivity contribution is 6.12. The van der Waals surface area contributed by atoms with Gasteiger partial charge < -0.3 is 10.4 Å². The van der Waals surface area contributed by atoms with E-state index in [9.17, 15) is 9.90 Å². The van der Waals surface area contributed by atoms with Crippen molar-refractivity contribution in [3.05, 3.63) is 52.7 Å². The third-order valence-electron chi connectivity index (χ3n) is 4.21. The highest BCUT2D eigenvalue weighted by Crippen LogP contribution is 2.42. The minimum absolute atomic E-state index is 0.00344. The van der Waals surface area contributed by atoms with Gasteiger partial charge in [-0.25, -0.2) is 0 Å². The second-order valence-electron chi connectivity index (χ2n) is 5.54. The number of Topliss-reactive ketones (excluding diaryl/α,β-unsaturated/α-hetero) is 1. The van der Waals surface area contributed by atoms with Gasteiger partial charge in [-0.05, 0) is 17.7 Å². The van der Waals surface area contributed by atoms with E-state index in [1.165, 1.54) is 6.08 Å². The lowest BCUT2D eigenvalue weighted by Crippen LogP contribution is -2.49. The second-order valence-corrected chi connectivity index (χ2v) is 5.54. The molecule has 2 aliphatic rings. The van der Waals surface area contributed by atoms with E-state index in [4.69, 9.17) is 10.5 Å². The van der Waals surface area contributed by atoms with Gasteiger partial charge in [-0.1, -0.05) is 25.1 Å². The average Bonchev–Trinajstić information content (AvgIpc) is 2.84. The maximum atomic E-state index is 12.1. The van der Waals surface area contributed by atoms with Crippen LogP contribution in [0.4, 0.5) is 5.69 Å². The van der Waals surface area contributed by atoms with Crippen LogP contribution >= 0.6 is 0 Å². The fourth-order valence-electron chi connectivity index (χ4n) is 2.90. The number of nitrogens with zero attached hydrogens (tertiary/aromatic N) is 2. The monoisotopic (exact) mass is 291 g/mol. The number of ketones is 1. The van der Waals surface area contributed by atoms with Crippen molar-refractivity contribution in [1.29, 1.82) is 10.5 Å². The molecular weight excluding hydrogens is 278 g/mol. The molecule has 1 aliphatic heterocycles. The minimum atomic E-state index is -1.63. The van der Waals surface area contributed by atoms with Crippen LogP contribution in [0.5, 0.6) is 0 Å². The first-order valence-electron chi connectivity index (χ1n) is 6.89. The zero-order chi connectivity index (χ0) is 15.9. The van der Waals surface area contributed by atoms with E-state index in [0.717, 1.165) is 16.9 Å². The summed E-state index contributed by atoms with van der Waals surface area (Å²) >= 11 is 0. The van der Waals surface area contributed by atoms with Crippen LogP contribution in [0, 0.1) is 22.7 Å². The van der Waals surface area contributed by atoms with Crippen molar-refractivity contribution in [2.45, 2.75) is 24.9 Å². The Bertz CT molecular complexity index is 807. The number of rotatable bonds is 1. The molecule has 1 saturated carbocycles. The Balaban J connectivity index is 1.90. The van der Waals surface area contributed by atoms with Crippen molar-refractivity contribution in [2.75, 3.05) is 5.32 Å². The third-order valence-corrected chi connectivity index (χ3v) is 4.21. The summed E-state index contributed by atoms with van der Waals surface area (Å²) in [5.74, 6) is -0.518. The third kappa shape index (κ3) is 1.92. The van der Waals surface area contributed by atoms with E-state index in [2.05, 4.69) is 5.32 Å². The van der Waals surface area contributed by atoms with Crippen molar-refractivity contribution < 1.29 is 9.90 Å². The number of carbonyl (C=O) groups excluding carboxylic acids is 1. The molecule has 5 heteroatoms. The van der Waals surface area contributed by atoms with Gasteiger partial charge in [-0.15, -0.1) is 0 Å². The first-order chi connectivity index (χ1) is 10.5. The number of nitrogens with one attached hydrogen (secondary N) is 1. The number of aliphatic hydroxyl groups is 1. The number of fused-ring (bicyclic) bond motifs is 1. The molecule has 0 amide bonds. The molecule has 0 aromatic heterocycles. The maximum Gasteiger partial charge on any atom is 0.196 e. The molecule has 108 valence electrons. The summed E-state index contributed by atoms with van der Waals surface area (Å²) < 4.78 is 0. The second kappa shape index (κ2) is 4.84. The molecule has 1 aromatic carbocycles. The smallest absolute Gasteiger partial charge is 0.196 e. The molecule has 0 saturated heterocycles. The maximum absolute atomic E-state index is 12.1. The zero-order valence-corrected chi connectivity index (χ0v) is 11.9. The number of anilines is 1. The first kappa shape index (κ1) is 14.1. The van der Waals surface area contributed by atoms with Crippen molar-refractivity contribution in [2.24, 2.45) is 0 Å². The van der Waals surface area contributed by atoms with E-state index in [0.29, 0.717) is 0 Å². The molecular formula is C17H13N3O2. The number of hydrogen-bond donors (Lipinski definition) is 2. The number of benzene rings is 1. The molecule has 1 heterocycles. The Morgan fingerprint density at radius 3 is 2.68 bits per heavy atom. The first-order valence-corrected chi connectivity index (χ1v) is 6.89. The molecule has 3 rings (SSSR count). The standard InChI is InChI=1S/C17H13N3O2/c1-10-12-4-2-3-5-14(12)20-15(10)7-17(22)6-13(16(17)21)11(8-18)9-19/h2-5,7,10,20,22H,6H2,1H3. The summed E-state index contributed by atoms with van der Waals surface area (Å²) in [7, 11) is 0. The van der Waals surface area contributed by atoms with E-state index in [-0.39, 0.29) is 23.5 Å². The van der Waals surface area contributed by atoms with E-state index in [1.807, 2.05) is 31.2 Å². The summed E-state index contributed by atoms with van der Waals surface area (Å²) in [5, 5.41) is 31.2. The predicted molar refractivity (Wildman–Crippen MR) is 79.4 cm³/mol. The fraction of sp³-hybridized carbons (Fsp3) is 0.235. The number of hydrogen-bond acceptors (Lipinski definition) is 5. The molecule has 1 aliphatic carbocycles. The van der Waals surface area contributed by atoms with E-state index in [1.54, 1.807) is 12.1 Å². The van der Waals surface area contributed by atoms with Gasteiger partial charge >= 0.3 is 0 Å². The quantitative estimate of drug-likeness (QED) is 0.610. The number of carbonyl (C=O) groups is 1. The number of para-hydroxylation sites is 1. The lowest BCUT2D eigenvalue weighted by Gasteiger charge is -2.35. The van der Waals surface area contributed by atoms with Crippen LogP contribution < -0.4 is 5.32 Å². The summed E-state index contributed by atoms with van der Waals surface area (Å²) in [6, 6.07) is 11.2.